The number of carboxylic acids is 1. The van der Waals surface area contributed by atoms with Crippen LogP contribution >= 0.6 is 15.9 Å². The van der Waals surface area contributed by atoms with Gasteiger partial charge < -0.3 is 5.11 Å². The van der Waals surface area contributed by atoms with Gasteiger partial charge in [0, 0.05) is 5.33 Å². The third kappa shape index (κ3) is 4.47. The van der Waals surface area contributed by atoms with Crippen LogP contribution in [0, 0.1) is 5.92 Å². The molecule has 0 bridgehead atoms. The molecule has 2 nitrogen and oxygen atoms in total. The Bertz CT molecular complexity index is 298. The molecule has 1 rings (SSSR count). The highest BCUT2D eigenvalue weighted by Crippen LogP contribution is 2.15. The minimum atomic E-state index is -0.695. The molecule has 0 heterocycles. The summed E-state index contributed by atoms with van der Waals surface area (Å²) in [5, 5.41) is 9.91. The number of halogens is 1. The molecule has 0 aliphatic rings. The molecule has 0 amide bonds. The maximum atomic E-state index is 11.0. The highest BCUT2D eigenvalue weighted by atomic mass is 79.9. The van der Waals surface area contributed by atoms with Crippen molar-refractivity contribution in [2.45, 2.75) is 19.3 Å². The first kappa shape index (κ1) is 12.2. The number of aliphatic carboxylic acids is 1. The molecule has 0 saturated carbocycles. The number of hydrogen-bond acceptors (Lipinski definition) is 1. The van der Waals surface area contributed by atoms with Gasteiger partial charge in [0.2, 0.25) is 0 Å². The first-order valence-corrected chi connectivity index (χ1v) is 6.19. The van der Waals surface area contributed by atoms with Gasteiger partial charge in [0.1, 0.15) is 0 Å². The topological polar surface area (TPSA) is 37.3 Å². The van der Waals surface area contributed by atoms with Gasteiger partial charge in [-0.1, -0.05) is 46.3 Å². The van der Waals surface area contributed by atoms with Gasteiger partial charge in [-0.2, -0.15) is 0 Å². The Hall–Kier alpha value is -0.830. The average molecular weight is 271 g/mol. The van der Waals surface area contributed by atoms with Crippen molar-refractivity contribution in [3.05, 3.63) is 35.9 Å². The first-order chi connectivity index (χ1) is 7.24. The van der Waals surface area contributed by atoms with Crippen molar-refractivity contribution in [2.75, 3.05) is 5.33 Å². The third-order valence-corrected chi connectivity index (χ3v) is 2.92. The fourth-order valence-corrected chi connectivity index (χ4v) is 1.86. The van der Waals surface area contributed by atoms with E-state index in [9.17, 15) is 4.79 Å². The molecule has 0 radical (unpaired) electrons. The Morgan fingerprint density at radius 2 is 2.00 bits per heavy atom. The molecule has 1 N–H and O–H groups in total. The maximum absolute atomic E-state index is 11.0. The van der Waals surface area contributed by atoms with Crippen molar-refractivity contribution in [3.8, 4) is 0 Å². The second kappa shape index (κ2) is 6.62. The smallest absolute Gasteiger partial charge is 0.306 e. The van der Waals surface area contributed by atoms with Crippen LogP contribution in [0.4, 0.5) is 0 Å². The number of alkyl halides is 1. The molecule has 1 aromatic rings. The van der Waals surface area contributed by atoms with Crippen LogP contribution in [0.3, 0.4) is 0 Å². The first-order valence-electron chi connectivity index (χ1n) is 5.06. The van der Waals surface area contributed by atoms with E-state index in [1.807, 2.05) is 30.3 Å². The summed E-state index contributed by atoms with van der Waals surface area (Å²) in [5.41, 5.74) is 1.10. The monoisotopic (exact) mass is 270 g/mol. The quantitative estimate of drug-likeness (QED) is 0.807. The van der Waals surface area contributed by atoms with Crippen molar-refractivity contribution in [1.82, 2.24) is 0 Å². The van der Waals surface area contributed by atoms with Gasteiger partial charge >= 0.3 is 5.97 Å². The molecule has 0 aliphatic carbocycles. The zero-order valence-electron chi connectivity index (χ0n) is 8.53. The van der Waals surface area contributed by atoms with Gasteiger partial charge in [-0.3, -0.25) is 4.79 Å². The van der Waals surface area contributed by atoms with E-state index in [-0.39, 0.29) is 5.92 Å². The number of rotatable bonds is 6. The second-order valence-electron chi connectivity index (χ2n) is 3.56. The molecule has 0 aromatic heterocycles. The van der Waals surface area contributed by atoms with Crippen molar-refractivity contribution < 1.29 is 9.90 Å². The van der Waals surface area contributed by atoms with Gasteiger partial charge in [-0.05, 0) is 24.8 Å². The summed E-state index contributed by atoms with van der Waals surface area (Å²) in [6.45, 7) is 0. The van der Waals surface area contributed by atoms with Crippen molar-refractivity contribution in [2.24, 2.45) is 5.92 Å². The van der Waals surface area contributed by atoms with Crippen LogP contribution in [-0.2, 0) is 11.2 Å². The molecule has 3 heteroatoms. The molecule has 1 aromatic carbocycles. The summed E-state index contributed by atoms with van der Waals surface area (Å²) in [7, 11) is 0. The lowest BCUT2D eigenvalue weighted by molar-refractivity contribution is -0.141. The molecular formula is C12H15BrO2. The summed E-state index contributed by atoms with van der Waals surface area (Å²) in [5.74, 6) is -0.954. The SMILES string of the molecule is O=C(O)C(CCCBr)Cc1ccccc1. The van der Waals surface area contributed by atoms with Crippen molar-refractivity contribution >= 4 is 21.9 Å². The molecule has 1 unspecified atom stereocenters. The summed E-state index contributed by atoms with van der Waals surface area (Å²) in [6, 6.07) is 9.78. The normalized spacial score (nSPS) is 12.3. The van der Waals surface area contributed by atoms with Gasteiger partial charge in [0.15, 0.2) is 0 Å². The molecule has 0 saturated heterocycles. The largest absolute Gasteiger partial charge is 0.481 e. The van der Waals surface area contributed by atoms with Crippen LogP contribution in [-0.4, -0.2) is 16.4 Å². The van der Waals surface area contributed by atoms with Gasteiger partial charge in [0.25, 0.3) is 0 Å². The molecule has 0 aliphatic heterocycles. The molecular weight excluding hydrogens is 256 g/mol. The lowest BCUT2D eigenvalue weighted by Crippen LogP contribution is -2.16. The standard InChI is InChI=1S/C12H15BrO2/c13-8-4-7-11(12(14)15)9-10-5-2-1-3-6-10/h1-3,5-6,11H,4,7-9H2,(H,14,15). The molecule has 0 fully saturated rings. The fraction of sp³-hybridized carbons (Fsp3) is 0.417. The van der Waals surface area contributed by atoms with E-state index in [0.717, 1.165) is 23.7 Å². The molecule has 0 spiro atoms. The number of carboxylic acid groups (broad SMARTS) is 1. The minimum Gasteiger partial charge on any atom is -0.481 e. The Morgan fingerprint density at radius 1 is 1.33 bits per heavy atom. The van der Waals surface area contributed by atoms with Crippen molar-refractivity contribution in [3.63, 3.8) is 0 Å². The van der Waals surface area contributed by atoms with Crippen molar-refractivity contribution in [1.29, 1.82) is 0 Å². The molecule has 82 valence electrons. The van der Waals surface area contributed by atoms with E-state index in [1.54, 1.807) is 0 Å². The van der Waals surface area contributed by atoms with E-state index in [0.29, 0.717) is 6.42 Å². The number of hydrogen-bond donors (Lipinski definition) is 1. The Kier molecular flexibility index (Phi) is 5.40. The molecule has 15 heavy (non-hydrogen) atoms. The zero-order valence-corrected chi connectivity index (χ0v) is 10.1. The van der Waals surface area contributed by atoms with Crippen LogP contribution in [0.25, 0.3) is 0 Å². The number of benzene rings is 1. The predicted octanol–water partition coefficient (Wildman–Crippen LogP) is 3.11. The minimum absolute atomic E-state index is 0.259. The van der Waals surface area contributed by atoms with Crippen LogP contribution in [0.15, 0.2) is 30.3 Å². The Morgan fingerprint density at radius 3 is 2.53 bits per heavy atom. The highest BCUT2D eigenvalue weighted by molar-refractivity contribution is 9.09. The van der Waals surface area contributed by atoms with E-state index in [4.69, 9.17) is 5.11 Å². The summed E-state index contributed by atoms with van der Waals surface area (Å²) < 4.78 is 0. The summed E-state index contributed by atoms with van der Waals surface area (Å²) >= 11 is 3.32. The van der Waals surface area contributed by atoms with Crippen LogP contribution in [0.5, 0.6) is 0 Å². The van der Waals surface area contributed by atoms with E-state index in [2.05, 4.69) is 15.9 Å². The summed E-state index contributed by atoms with van der Waals surface area (Å²) in [6.07, 6.45) is 2.27. The zero-order chi connectivity index (χ0) is 11.1. The second-order valence-corrected chi connectivity index (χ2v) is 4.35. The van der Waals surface area contributed by atoms with Gasteiger partial charge in [0.05, 0.1) is 5.92 Å². The lowest BCUT2D eigenvalue weighted by Gasteiger charge is -2.11. The van der Waals surface area contributed by atoms with E-state index < -0.39 is 5.97 Å². The van der Waals surface area contributed by atoms with E-state index >= 15 is 0 Å². The van der Waals surface area contributed by atoms with Crippen LogP contribution in [0.1, 0.15) is 18.4 Å². The highest BCUT2D eigenvalue weighted by Gasteiger charge is 2.16. The average Bonchev–Trinajstić information content (AvgIpc) is 2.25. The van der Waals surface area contributed by atoms with Gasteiger partial charge in [-0.15, -0.1) is 0 Å². The van der Waals surface area contributed by atoms with Crippen LogP contribution < -0.4 is 0 Å². The Balaban J connectivity index is 2.55. The van der Waals surface area contributed by atoms with Crippen LogP contribution in [0.2, 0.25) is 0 Å². The third-order valence-electron chi connectivity index (χ3n) is 2.36. The molecule has 1 atom stereocenters. The predicted molar refractivity (Wildman–Crippen MR) is 64.3 cm³/mol. The Labute approximate surface area is 98.4 Å². The summed E-state index contributed by atoms with van der Waals surface area (Å²) in [4.78, 5) is 11.0. The van der Waals surface area contributed by atoms with Gasteiger partial charge in [-0.25, -0.2) is 0 Å². The van der Waals surface area contributed by atoms with E-state index in [1.165, 1.54) is 0 Å². The number of carbonyl (C=O) groups is 1. The lowest BCUT2D eigenvalue weighted by atomic mass is 9.95. The maximum Gasteiger partial charge on any atom is 0.306 e. The fourth-order valence-electron chi connectivity index (χ4n) is 1.54.